The van der Waals surface area contributed by atoms with Crippen molar-refractivity contribution in [3.8, 4) is 0 Å². The lowest BCUT2D eigenvalue weighted by atomic mass is 9.87. The lowest BCUT2D eigenvalue weighted by molar-refractivity contribution is 0.00112. The summed E-state index contributed by atoms with van der Waals surface area (Å²) in [4.78, 5) is 17.9. The molecule has 7 heteroatoms. The molecule has 0 radical (unpaired) electrons. The highest BCUT2D eigenvalue weighted by atomic mass is 19.1. The number of likely N-dealkylation sites (tertiary alicyclic amines) is 1. The van der Waals surface area contributed by atoms with Crippen molar-refractivity contribution in [2.45, 2.75) is 64.3 Å². The number of alkyl halides is 1. The van der Waals surface area contributed by atoms with Gasteiger partial charge in [0.1, 0.15) is 5.60 Å². The van der Waals surface area contributed by atoms with Crippen LogP contribution >= 0.6 is 0 Å². The predicted molar refractivity (Wildman–Crippen MR) is 95.6 cm³/mol. The topological polar surface area (TPSA) is 82.9 Å². The number of hydrogen-bond acceptors (Lipinski definition) is 5. The number of carbonyl (C=O) groups is 1. The molecule has 1 aromatic rings. The van der Waals surface area contributed by atoms with E-state index in [1.165, 1.54) is 4.90 Å². The molecule has 0 aliphatic carbocycles. The SMILES string of the molecule is Cc1cc(CC(O)CO)cnc1C1(F)CCN(C(=O)OC(C)(C)C)CC1. The molecule has 6 nitrogen and oxygen atoms in total. The smallest absolute Gasteiger partial charge is 0.410 e. The van der Waals surface area contributed by atoms with Crippen molar-refractivity contribution in [1.29, 1.82) is 0 Å². The van der Waals surface area contributed by atoms with Crippen LogP contribution in [0.5, 0.6) is 0 Å². The minimum absolute atomic E-state index is 0.165. The zero-order valence-corrected chi connectivity index (χ0v) is 16.0. The van der Waals surface area contributed by atoms with E-state index in [1.807, 2.05) is 0 Å². The van der Waals surface area contributed by atoms with Crippen molar-refractivity contribution in [2.75, 3.05) is 19.7 Å². The number of pyridine rings is 1. The first-order valence-corrected chi connectivity index (χ1v) is 8.96. The Morgan fingerprint density at radius 3 is 2.54 bits per heavy atom. The maximum atomic E-state index is 15.5. The number of aromatic nitrogens is 1. The third-order valence-electron chi connectivity index (χ3n) is 4.45. The van der Waals surface area contributed by atoms with Crippen LogP contribution in [-0.4, -0.2) is 57.6 Å². The number of aliphatic hydroxyl groups excluding tert-OH is 2. The van der Waals surface area contributed by atoms with E-state index >= 15 is 4.39 Å². The summed E-state index contributed by atoms with van der Waals surface area (Å²) in [5, 5.41) is 18.5. The zero-order chi connectivity index (χ0) is 19.5. The van der Waals surface area contributed by atoms with E-state index in [-0.39, 0.29) is 39.0 Å². The van der Waals surface area contributed by atoms with Gasteiger partial charge in [0, 0.05) is 38.5 Å². The minimum Gasteiger partial charge on any atom is -0.444 e. The predicted octanol–water partition coefficient (Wildman–Crippen LogP) is 2.48. The van der Waals surface area contributed by atoms with Gasteiger partial charge >= 0.3 is 6.09 Å². The fourth-order valence-corrected chi connectivity index (χ4v) is 3.16. The Hall–Kier alpha value is -1.73. The van der Waals surface area contributed by atoms with Crippen LogP contribution in [0.2, 0.25) is 0 Å². The summed E-state index contributed by atoms with van der Waals surface area (Å²) < 4.78 is 20.8. The number of hydrogen-bond donors (Lipinski definition) is 2. The van der Waals surface area contributed by atoms with Gasteiger partial charge in [-0.05, 0) is 38.8 Å². The van der Waals surface area contributed by atoms with Gasteiger partial charge in [0.25, 0.3) is 0 Å². The number of piperidine rings is 1. The average molecular weight is 368 g/mol. The molecule has 0 bridgehead atoms. The van der Waals surface area contributed by atoms with Gasteiger partial charge in [-0.3, -0.25) is 4.98 Å². The van der Waals surface area contributed by atoms with Gasteiger partial charge < -0.3 is 19.8 Å². The molecule has 1 atom stereocenters. The van der Waals surface area contributed by atoms with E-state index in [1.54, 1.807) is 40.0 Å². The summed E-state index contributed by atoms with van der Waals surface area (Å²) in [5.41, 5.74) is -0.322. The van der Waals surface area contributed by atoms with E-state index in [0.717, 1.165) is 5.56 Å². The maximum absolute atomic E-state index is 15.5. The first-order valence-electron chi connectivity index (χ1n) is 8.96. The molecule has 0 saturated carbocycles. The molecular weight excluding hydrogens is 339 g/mol. The van der Waals surface area contributed by atoms with Crippen LogP contribution in [-0.2, 0) is 16.8 Å². The standard InChI is InChI=1S/C19H29FN2O4/c1-13-9-14(10-15(24)12-23)11-21-16(13)19(20)5-7-22(8-6-19)17(25)26-18(2,3)4/h9,11,15,23-24H,5-8,10,12H2,1-4H3. The molecule has 2 rings (SSSR count). The molecule has 1 aliphatic rings. The molecule has 146 valence electrons. The lowest BCUT2D eigenvalue weighted by Crippen LogP contribution is -2.45. The molecule has 0 spiro atoms. The number of ether oxygens (including phenoxy) is 1. The van der Waals surface area contributed by atoms with Crippen molar-refractivity contribution in [3.05, 3.63) is 29.1 Å². The third kappa shape index (κ3) is 5.14. The fraction of sp³-hybridized carbons (Fsp3) is 0.684. The van der Waals surface area contributed by atoms with Crippen molar-refractivity contribution < 1.29 is 24.1 Å². The highest BCUT2D eigenvalue weighted by Crippen LogP contribution is 2.38. The molecule has 26 heavy (non-hydrogen) atoms. The first-order chi connectivity index (χ1) is 12.0. The van der Waals surface area contributed by atoms with Crippen LogP contribution in [0.3, 0.4) is 0 Å². The Kier molecular flexibility index (Phi) is 6.24. The fourth-order valence-electron chi connectivity index (χ4n) is 3.16. The molecule has 1 saturated heterocycles. The van der Waals surface area contributed by atoms with Crippen molar-refractivity contribution in [2.24, 2.45) is 0 Å². The van der Waals surface area contributed by atoms with Crippen molar-refractivity contribution in [1.82, 2.24) is 9.88 Å². The van der Waals surface area contributed by atoms with E-state index in [2.05, 4.69) is 4.98 Å². The second-order valence-corrected chi connectivity index (χ2v) is 7.98. The summed E-state index contributed by atoms with van der Waals surface area (Å²) in [6.07, 6.45) is 0.882. The van der Waals surface area contributed by atoms with Crippen LogP contribution in [0.4, 0.5) is 9.18 Å². The van der Waals surface area contributed by atoms with Gasteiger partial charge in [-0.25, -0.2) is 9.18 Å². The number of aliphatic hydroxyl groups is 2. The second kappa shape index (κ2) is 7.88. The minimum atomic E-state index is -1.59. The maximum Gasteiger partial charge on any atom is 0.410 e. The Bertz CT molecular complexity index is 637. The van der Waals surface area contributed by atoms with Crippen LogP contribution < -0.4 is 0 Å². The zero-order valence-electron chi connectivity index (χ0n) is 16.0. The van der Waals surface area contributed by atoms with Gasteiger partial charge in [-0.2, -0.15) is 0 Å². The molecule has 2 N–H and O–H groups in total. The molecule has 1 unspecified atom stereocenters. The van der Waals surface area contributed by atoms with Crippen molar-refractivity contribution in [3.63, 3.8) is 0 Å². The number of carbonyl (C=O) groups excluding carboxylic acids is 1. The second-order valence-electron chi connectivity index (χ2n) is 7.98. The van der Waals surface area contributed by atoms with Gasteiger partial charge in [-0.1, -0.05) is 6.07 Å². The molecule has 1 aromatic heterocycles. The molecule has 0 aromatic carbocycles. The van der Waals surface area contributed by atoms with Crippen LogP contribution in [0.15, 0.2) is 12.3 Å². The van der Waals surface area contributed by atoms with E-state index in [0.29, 0.717) is 11.3 Å². The Morgan fingerprint density at radius 2 is 2.04 bits per heavy atom. The Balaban J connectivity index is 2.05. The average Bonchev–Trinajstić information content (AvgIpc) is 2.53. The Morgan fingerprint density at radius 1 is 1.42 bits per heavy atom. The van der Waals surface area contributed by atoms with Gasteiger partial charge in [0.05, 0.1) is 18.4 Å². The third-order valence-corrected chi connectivity index (χ3v) is 4.45. The summed E-state index contributed by atoms with van der Waals surface area (Å²) in [6.45, 7) is 7.42. The summed E-state index contributed by atoms with van der Waals surface area (Å²) in [5.74, 6) is 0. The highest BCUT2D eigenvalue weighted by molar-refractivity contribution is 5.68. The molecule has 1 amide bonds. The number of nitrogens with zero attached hydrogens (tertiary/aromatic N) is 2. The van der Waals surface area contributed by atoms with E-state index in [4.69, 9.17) is 9.84 Å². The molecule has 2 heterocycles. The first kappa shape index (κ1) is 20.6. The van der Waals surface area contributed by atoms with Gasteiger partial charge in [-0.15, -0.1) is 0 Å². The summed E-state index contributed by atoms with van der Waals surface area (Å²) in [6, 6.07) is 1.79. The van der Waals surface area contributed by atoms with E-state index in [9.17, 15) is 9.90 Å². The van der Waals surface area contributed by atoms with Crippen LogP contribution in [0.1, 0.15) is 50.4 Å². The monoisotopic (exact) mass is 368 g/mol. The highest BCUT2D eigenvalue weighted by Gasteiger charge is 2.40. The number of aryl methyl sites for hydroxylation is 1. The summed E-state index contributed by atoms with van der Waals surface area (Å²) >= 11 is 0. The van der Waals surface area contributed by atoms with E-state index < -0.39 is 23.5 Å². The largest absolute Gasteiger partial charge is 0.444 e. The summed E-state index contributed by atoms with van der Waals surface area (Å²) in [7, 11) is 0. The van der Waals surface area contributed by atoms with Crippen LogP contribution in [0, 0.1) is 6.92 Å². The van der Waals surface area contributed by atoms with Crippen LogP contribution in [0.25, 0.3) is 0 Å². The van der Waals surface area contributed by atoms with Gasteiger partial charge in [0.15, 0.2) is 5.67 Å². The van der Waals surface area contributed by atoms with Gasteiger partial charge in [0.2, 0.25) is 0 Å². The number of halogens is 1. The number of amides is 1. The lowest BCUT2D eigenvalue weighted by Gasteiger charge is -2.37. The Labute approximate surface area is 154 Å². The molecule has 1 fully saturated rings. The molecular formula is C19H29FN2O4. The van der Waals surface area contributed by atoms with Crippen molar-refractivity contribution >= 4 is 6.09 Å². The molecule has 1 aliphatic heterocycles. The number of rotatable bonds is 4. The quantitative estimate of drug-likeness (QED) is 0.853. The normalized spacial score (nSPS) is 18.5.